The number of benzene rings is 2. The Labute approximate surface area is 176 Å². The SMILES string of the molecule is CCNC(=NCC(O)COc1ccc(F)cc1)NC(C)c1cc(OC)ccc1OC. The highest BCUT2D eigenvalue weighted by atomic mass is 19.1. The first-order valence-corrected chi connectivity index (χ1v) is 9.80. The highest BCUT2D eigenvalue weighted by Crippen LogP contribution is 2.29. The topological polar surface area (TPSA) is 84.3 Å². The van der Waals surface area contributed by atoms with Crippen LogP contribution in [0.5, 0.6) is 17.2 Å². The molecule has 2 atom stereocenters. The van der Waals surface area contributed by atoms with E-state index in [1.54, 1.807) is 14.2 Å². The molecule has 2 aromatic rings. The van der Waals surface area contributed by atoms with Gasteiger partial charge in [-0.1, -0.05) is 0 Å². The molecule has 0 heterocycles. The van der Waals surface area contributed by atoms with Gasteiger partial charge in [-0.05, 0) is 56.3 Å². The van der Waals surface area contributed by atoms with E-state index in [9.17, 15) is 9.50 Å². The normalized spacial score (nSPS) is 13.3. The van der Waals surface area contributed by atoms with Crippen molar-refractivity contribution in [1.82, 2.24) is 10.6 Å². The highest BCUT2D eigenvalue weighted by Gasteiger charge is 2.15. The summed E-state index contributed by atoms with van der Waals surface area (Å²) in [7, 11) is 3.24. The molecule has 7 nitrogen and oxygen atoms in total. The molecule has 0 amide bonds. The molecule has 164 valence electrons. The number of nitrogens with one attached hydrogen (secondary N) is 2. The van der Waals surface area contributed by atoms with Gasteiger partial charge in [0.25, 0.3) is 0 Å². The molecule has 0 bridgehead atoms. The third-order valence-corrected chi connectivity index (χ3v) is 4.32. The van der Waals surface area contributed by atoms with Crippen LogP contribution in [0.25, 0.3) is 0 Å². The van der Waals surface area contributed by atoms with Crippen LogP contribution in [0.1, 0.15) is 25.5 Å². The molecule has 2 aromatic carbocycles. The monoisotopic (exact) mass is 419 g/mol. The van der Waals surface area contributed by atoms with Gasteiger partial charge in [0.1, 0.15) is 35.8 Å². The van der Waals surface area contributed by atoms with Crippen LogP contribution in [0.4, 0.5) is 4.39 Å². The number of nitrogens with zero attached hydrogens (tertiary/aromatic N) is 1. The fourth-order valence-electron chi connectivity index (χ4n) is 2.75. The molecule has 30 heavy (non-hydrogen) atoms. The lowest BCUT2D eigenvalue weighted by Gasteiger charge is -2.21. The van der Waals surface area contributed by atoms with Crippen LogP contribution in [0.15, 0.2) is 47.5 Å². The molecule has 0 radical (unpaired) electrons. The minimum Gasteiger partial charge on any atom is -0.497 e. The summed E-state index contributed by atoms with van der Waals surface area (Å²) in [6.07, 6.45) is -0.813. The second kappa shape index (κ2) is 11.9. The van der Waals surface area contributed by atoms with E-state index in [4.69, 9.17) is 14.2 Å². The summed E-state index contributed by atoms with van der Waals surface area (Å²) >= 11 is 0. The molecule has 2 rings (SSSR count). The average Bonchev–Trinajstić information content (AvgIpc) is 2.76. The third kappa shape index (κ3) is 7.11. The molecule has 0 aliphatic carbocycles. The molecule has 3 N–H and O–H groups in total. The van der Waals surface area contributed by atoms with Gasteiger partial charge in [0.15, 0.2) is 5.96 Å². The van der Waals surface area contributed by atoms with E-state index in [1.165, 1.54) is 24.3 Å². The van der Waals surface area contributed by atoms with Crippen LogP contribution in [-0.4, -0.2) is 51.1 Å². The predicted octanol–water partition coefficient (Wildman–Crippen LogP) is 2.90. The van der Waals surface area contributed by atoms with Gasteiger partial charge >= 0.3 is 0 Å². The second-order valence-corrected chi connectivity index (χ2v) is 6.61. The molecule has 0 saturated heterocycles. The zero-order valence-electron chi connectivity index (χ0n) is 17.8. The van der Waals surface area contributed by atoms with Crippen LogP contribution in [-0.2, 0) is 0 Å². The number of guanidine groups is 1. The number of hydrogen-bond donors (Lipinski definition) is 3. The van der Waals surface area contributed by atoms with Crippen LogP contribution in [0.2, 0.25) is 0 Å². The Bertz CT molecular complexity index is 815. The van der Waals surface area contributed by atoms with E-state index in [0.29, 0.717) is 18.3 Å². The lowest BCUT2D eigenvalue weighted by molar-refractivity contribution is 0.114. The average molecular weight is 419 g/mol. The van der Waals surface area contributed by atoms with Gasteiger partial charge in [-0.15, -0.1) is 0 Å². The van der Waals surface area contributed by atoms with E-state index >= 15 is 0 Å². The molecule has 0 saturated carbocycles. The molecule has 0 fully saturated rings. The number of halogens is 1. The minimum atomic E-state index is -0.813. The molecule has 0 aliphatic rings. The van der Waals surface area contributed by atoms with Crippen molar-refractivity contribution in [2.75, 3.05) is 33.9 Å². The number of rotatable bonds is 10. The van der Waals surface area contributed by atoms with Crippen molar-refractivity contribution < 1.29 is 23.7 Å². The zero-order valence-corrected chi connectivity index (χ0v) is 17.8. The Balaban J connectivity index is 1.98. The molecule has 0 aliphatic heterocycles. The summed E-state index contributed by atoms with van der Waals surface area (Å²) in [5.74, 6) is 2.17. The molecule has 0 spiro atoms. The highest BCUT2D eigenvalue weighted by molar-refractivity contribution is 5.80. The Kier molecular flexibility index (Phi) is 9.21. The predicted molar refractivity (Wildman–Crippen MR) is 115 cm³/mol. The van der Waals surface area contributed by atoms with E-state index in [0.717, 1.165) is 17.1 Å². The molecular formula is C22H30FN3O4. The zero-order chi connectivity index (χ0) is 21.9. The largest absolute Gasteiger partial charge is 0.497 e. The number of aliphatic hydroxyl groups is 1. The summed E-state index contributed by atoms with van der Waals surface area (Å²) in [5, 5.41) is 16.6. The fraction of sp³-hybridized carbons (Fsp3) is 0.409. The number of ether oxygens (including phenoxy) is 3. The molecule has 2 unspecified atom stereocenters. The van der Waals surface area contributed by atoms with Crippen LogP contribution in [0.3, 0.4) is 0 Å². The maximum Gasteiger partial charge on any atom is 0.191 e. The number of methoxy groups -OCH3 is 2. The minimum absolute atomic E-state index is 0.0494. The van der Waals surface area contributed by atoms with Crippen molar-refractivity contribution >= 4 is 5.96 Å². The van der Waals surface area contributed by atoms with Crippen molar-refractivity contribution in [1.29, 1.82) is 0 Å². The van der Waals surface area contributed by atoms with Gasteiger partial charge in [0.2, 0.25) is 0 Å². The number of hydrogen-bond acceptors (Lipinski definition) is 5. The van der Waals surface area contributed by atoms with E-state index in [1.807, 2.05) is 32.0 Å². The lowest BCUT2D eigenvalue weighted by atomic mass is 10.1. The Hall–Kier alpha value is -3.00. The van der Waals surface area contributed by atoms with Gasteiger partial charge in [0.05, 0.1) is 26.8 Å². The maximum atomic E-state index is 12.9. The van der Waals surface area contributed by atoms with Crippen molar-refractivity contribution in [2.24, 2.45) is 4.99 Å². The van der Waals surface area contributed by atoms with E-state index in [-0.39, 0.29) is 25.0 Å². The van der Waals surface area contributed by atoms with Gasteiger partial charge in [0, 0.05) is 12.1 Å². The first kappa shape index (κ1) is 23.3. The number of aliphatic hydroxyl groups excluding tert-OH is 1. The first-order chi connectivity index (χ1) is 14.5. The van der Waals surface area contributed by atoms with Crippen molar-refractivity contribution in [3.8, 4) is 17.2 Å². The van der Waals surface area contributed by atoms with Gasteiger partial charge in [-0.25, -0.2) is 4.39 Å². The van der Waals surface area contributed by atoms with Crippen LogP contribution >= 0.6 is 0 Å². The smallest absolute Gasteiger partial charge is 0.191 e. The van der Waals surface area contributed by atoms with Gasteiger partial charge in [-0.3, -0.25) is 4.99 Å². The van der Waals surface area contributed by atoms with Crippen molar-refractivity contribution in [3.05, 3.63) is 53.8 Å². The Morgan fingerprint density at radius 1 is 1.10 bits per heavy atom. The van der Waals surface area contributed by atoms with Gasteiger partial charge < -0.3 is 30.0 Å². The molecular weight excluding hydrogens is 389 g/mol. The third-order valence-electron chi connectivity index (χ3n) is 4.32. The maximum absolute atomic E-state index is 12.9. The second-order valence-electron chi connectivity index (χ2n) is 6.61. The summed E-state index contributed by atoms with van der Waals surface area (Å²) in [4.78, 5) is 4.44. The van der Waals surface area contributed by atoms with Crippen molar-refractivity contribution in [2.45, 2.75) is 26.0 Å². The quantitative estimate of drug-likeness (QED) is 0.406. The van der Waals surface area contributed by atoms with Crippen LogP contribution in [0, 0.1) is 5.82 Å². The standard InChI is InChI=1S/C22H30FN3O4/c1-5-24-22(25-13-17(27)14-30-18-8-6-16(23)7-9-18)26-15(2)20-12-19(28-3)10-11-21(20)29-4/h6-12,15,17,27H,5,13-14H2,1-4H3,(H2,24,25,26). The Morgan fingerprint density at radius 3 is 2.43 bits per heavy atom. The molecule has 8 heteroatoms. The summed E-state index contributed by atoms with van der Waals surface area (Å²) < 4.78 is 29.2. The lowest BCUT2D eigenvalue weighted by Crippen LogP contribution is -2.39. The van der Waals surface area contributed by atoms with Crippen molar-refractivity contribution in [3.63, 3.8) is 0 Å². The van der Waals surface area contributed by atoms with Gasteiger partial charge in [-0.2, -0.15) is 0 Å². The van der Waals surface area contributed by atoms with Crippen LogP contribution < -0.4 is 24.8 Å². The molecule has 0 aromatic heterocycles. The summed E-state index contributed by atoms with van der Waals surface area (Å²) in [6.45, 7) is 4.79. The van der Waals surface area contributed by atoms with E-state index < -0.39 is 6.10 Å². The number of aliphatic imine (C=N–C) groups is 1. The summed E-state index contributed by atoms with van der Waals surface area (Å²) in [5.41, 5.74) is 0.919. The Morgan fingerprint density at radius 2 is 1.80 bits per heavy atom. The first-order valence-electron chi connectivity index (χ1n) is 9.80. The fourth-order valence-corrected chi connectivity index (χ4v) is 2.75. The summed E-state index contributed by atoms with van der Waals surface area (Å²) in [6, 6.07) is 11.1. The van der Waals surface area contributed by atoms with E-state index in [2.05, 4.69) is 15.6 Å².